The molecule has 5 nitrogen and oxygen atoms in total. The second-order valence-corrected chi connectivity index (χ2v) is 5.98. The van der Waals surface area contributed by atoms with Crippen molar-refractivity contribution in [2.45, 2.75) is 32.6 Å². The van der Waals surface area contributed by atoms with Crippen LogP contribution in [0.2, 0.25) is 0 Å². The topological polar surface area (TPSA) is 65.9 Å². The molecule has 1 fully saturated rings. The van der Waals surface area contributed by atoms with Crippen molar-refractivity contribution in [3.8, 4) is 5.75 Å². The first-order valence-electron chi connectivity index (χ1n) is 8.65. The van der Waals surface area contributed by atoms with Crippen molar-refractivity contribution in [3.63, 3.8) is 0 Å². The van der Waals surface area contributed by atoms with E-state index in [-0.39, 0.29) is 0 Å². The number of ether oxygens (including phenoxy) is 1. The smallest absolute Gasteiger partial charge is 0.191 e. The van der Waals surface area contributed by atoms with Gasteiger partial charge in [0.05, 0.1) is 0 Å². The van der Waals surface area contributed by atoms with Crippen LogP contribution >= 0.6 is 0 Å². The number of hydrogen-bond acceptors (Lipinski definition) is 3. The molecule has 1 aliphatic rings. The standard InChI is InChI=1S/C18H29N3O2/c1-2-19-18(20-10-4-12-23-14-16-7-8-16)21-11-9-15-5-3-6-17(22)13-15/h3,5-6,13,16,22H,2,4,7-12,14H2,1H3,(H2,19,20,21). The van der Waals surface area contributed by atoms with Gasteiger partial charge in [-0.2, -0.15) is 0 Å². The highest BCUT2D eigenvalue weighted by atomic mass is 16.5. The van der Waals surface area contributed by atoms with E-state index in [2.05, 4.69) is 22.5 Å². The van der Waals surface area contributed by atoms with Gasteiger partial charge in [-0.1, -0.05) is 12.1 Å². The molecule has 3 N–H and O–H groups in total. The second kappa shape index (κ2) is 10.1. The normalized spacial score (nSPS) is 14.7. The van der Waals surface area contributed by atoms with Crippen LogP contribution in [0.3, 0.4) is 0 Å². The highest BCUT2D eigenvalue weighted by Gasteiger charge is 2.20. The van der Waals surface area contributed by atoms with Gasteiger partial charge >= 0.3 is 0 Å². The molecular formula is C18H29N3O2. The number of phenols is 1. The summed E-state index contributed by atoms with van der Waals surface area (Å²) in [6.45, 7) is 6.18. The molecule has 0 aromatic heterocycles. The minimum Gasteiger partial charge on any atom is -0.508 e. The third kappa shape index (κ3) is 7.88. The third-order valence-electron chi connectivity index (χ3n) is 3.73. The van der Waals surface area contributed by atoms with Gasteiger partial charge in [-0.05, 0) is 56.2 Å². The summed E-state index contributed by atoms with van der Waals surface area (Å²) in [7, 11) is 0. The maximum absolute atomic E-state index is 9.46. The van der Waals surface area contributed by atoms with Gasteiger partial charge < -0.3 is 20.5 Å². The Kier molecular flexibility index (Phi) is 7.73. The predicted octanol–water partition coefficient (Wildman–Crippen LogP) is 2.31. The van der Waals surface area contributed by atoms with Crippen molar-refractivity contribution < 1.29 is 9.84 Å². The average Bonchev–Trinajstić information content (AvgIpc) is 3.35. The quantitative estimate of drug-likeness (QED) is 0.352. The van der Waals surface area contributed by atoms with E-state index in [9.17, 15) is 5.11 Å². The number of guanidine groups is 1. The number of hydrogen-bond donors (Lipinski definition) is 3. The molecule has 0 bridgehead atoms. The summed E-state index contributed by atoms with van der Waals surface area (Å²) >= 11 is 0. The molecular weight excluding hydrogens is 290 g/mol. The fourth-order valence-electron chi connectivity index (χ4n) is 2.27. The Labute approximate surface area is 139 Å². The number of phenolic OH excluding ortho intramolecular Hbond substituents is 1. The van der Waals surface area contributed by atoms with Crippen LogP contribution in [0.5, 0.6) is 5.75 Å². The van der Waals surface area contributed by atoms with Crippen molar-refractivity contribution in [1.82, 2.24) is 10.6 Å². The summed E-state index contributed by atoms with van der Waals surface area (Å²) in [4.78, 5) is 4.56. The lowest BCUT2D eigenvalue weighted by Gasteiger charge is -2.11. The van der Waals surface area contributed by atoms with Gasteiger partial charge in [-0.3, -0.25) is 4.99 Å². The number of nitrogens with zero attached hydrogens (tertiary/aromatic N) is 1. The Hall–Kier alpha value is -1.75. The molecule has 23 heavy (non-hydrogen) atoms. The Bertz CT molecular complexity index is 487. The van der Waals surface area contributed by atoms with Crippen LogP contribution in [0.1, 0.15) is 31.7 Å². The predicted molar refractivity (Wildman–Crippen MR) is 94.0 cm³/mol. The van der Waals surface area contributed by atoms with E-state index in [1.165, 1.54) is 12.8 Å². The minimum absolute atomic E-state index is 0.314. The lowest BCUT2D eigenvalue weighted by atomic mass is 10.1. The number of rotatable bonds is 10. The van der Waals surface area contributed by atoms with Crippen LogP contribution < -0.4 is 10.6 Å². The molecule has 0 amide bonds. The van der Waals surface area contributed by atoms with Gasteiger partial charge in [-0.25, -0.2) is 0 Å². The molecule has 0 heterocycles. The van der Waals surface area contributed by atoms with Gasteiger partial charge in [0.2, 0.25) is 0 Å². The molecule has 0 unspecified atom stereocenters. The zero-order valence-corrected chi connectivity index (χ0v) is 14.1. The highest BCUT2D eigenvalue weighted by Crippen LogP contribution is 2.28. The van der Waals surface area contributed by atoms with Crippen LogP contribution in [-0.2, 0) is 11.2 Å². The van der Waals surface area contributed by atoms with E-state index in [0.29, 0.717) is 5.75 Å². The first-order valence-corrected chi connectivity index (χ1v) is 8.65. The van der Waals surface area contributed by atoms with Gasteiger partial charge in [0.1, 0.15) is 5.75 Å². The fourth-order valence-corrected chi connectivity index (χ4v) is 2.27. The zero-order chi connectivity index (χ0) is 16.3. The molecule has 0 spiro atoms. The number of benzene rings is 1. The van der Waals surface area contributed by atoms with E-state index >= 15 is 0 Å². The SMILES string of the molecule is CCNC(=NCCCOCC1CC1)NCCc1cccc(O)c1. The van der Waals surface area contributed by atoms with Crippen LogP contribution in [0.15, 0.2) is 29.3 Å². The van der Waals surface area contributed by atoms with Crippen molar-refractivity contribution in [2.24, 2.45) is 10.9 Å². The second-order valence-electron chi connectivity index (χ2n) is 5.98. The van der Waals surface area contributed by atoms with Gasteiger partial charge in [0.15, 0.2) is 5.96 Å². The van der Waals surface area contributed by atoms with Crippen molar-refractivity contribution in [1.29, 1.82) is 0 Å². The average molecular weight is 319 g/mol. The summed E-state index contributed by atoms with van der Waals surface area (Å²) in [5, 5.41) is 16.0. The fraction of sp³-hybridized carbons (Fsp3) is 0.611. The minimum atomic E-state index is 0.314. The Morgan fingerprint density at radius 3 is 2.96 bits per heavy atom. The Balaban J connectivity index is 1.62. The summed E-state index contributed by atoms with van der Waals surface area (Å²) in [5.74, 6) is 1.99. The van der Waals surface area contributed by atoms with Crippen molar-refractivity contribution in [3.05, 3.63) is 29.8 Å². The highest BCUT2D eigenvalue weighted by molar-refractivity contribution is 5.79. The first kappa shape index (κ1) is 17.6. The Morgan fingerprint density at radius 1 is 1.35 bits per heavy atom. The molecule has 1 aromatic carbocycles. The molecule has 1 aliphatic carbocycles. The molecule has 0 atom stereocenters. The van der Waals surface area contributed by atoms with E-state index in [0.717, 1.165) is 63.1 Å². The van der Waals surface area contributed by atoms with Crippen molar-refractivity contribution >= 4 is 5.96 Å². The summed E-state index contributed by atoms with van der Waals surface area (Å²) in [6.07, 6.45) is 4.48. The summed E-state index contributed by atoms with van der Waals surface area (Å²) in [5.41, 5.74) is 1.11. The monoisotopic (exact) mass is 319 g/mol. The molecule has 0 radical (unpaired) electrons. The van der Waals surface area contributed by atoms with E-state index in [4.69, 9.17) is 4.74 Å². The first-order chi connectivity index (χ1) is 11.3. The lowest BCUT2D eigenvalue weighted by Crippen LogP contribution is -2.38. The van der Waals surface area contributed by atoms with Gasteiger partial charge in [-0.15, -0.1) is 0 Å². The molecule has 2 rings (SSSR count). The molecule has 0 aliphatic heterocycles. The zero-order valence-electron chi connectivity index (χ0n) is 14.1. The van der Waals surface area contributed by atoms with Crippen LogP contribution in [0, 0.1) is 5.92 Å². The van der Waals surface area contributed by atoms with E-state index in [1.807, 2.05) is 12.1 Å². The number of aromatic hydroxyl groups is 1. The largest absolute Gasteiger partial charge is 0.508 e. The molecule has 128 valence electrons. The summed E-state index contributed by atoms with van der Waals surface area (Å²) < 4.78 is 5.62. The van der Waals surface area contributed by atoms with Gasteiger partial charge in [0, 0.05) is 32.8 Å². The van der Waals surface area contributed by atoms with Crippen LogP contribution in [0.25, 0.3) is 0 Å². The molecule has 1 saturated carbocycles. The van der Waals surface area contributed by atoms with E-state index < -0.39 is 0 Å². The van der Waals surface area contributed by atoms with Crippen molar-refractivity contribution in [2.75, 3.05) is 32.8 Å². The summed E-state index contributed by atoms with van der Waals surface area (Å²) in [6, 6.07) is 7.37. The van der Waals surface area contributed by atoms with Crippen LogP contribution in [0.4, 0.5) is 0 Å². The lowest BCUT2D eigenvalue weighted by molar-refractivity contribution is 0.123. The third-order valence-corrected chi connectivity index (χ3v) is 3.73. The molecule has 1 aromatic rings. The maximum atomic E-state index is 9.46. The number of nitrogens with one attached hydrogen (secondary N) is 2. The molecule has 0 saturated heterocycles. The van der Waals surface area contributed by atoms with Crippen LogP contribution in [-0.4, -0.2) is 43.9 Å². The van der Waals surface area contributed by atoms with E-state index in [1.54, 1.807) is 12.1 Å². The number of aliphatic imine (C=N–C) groups is 1. The van der Waals surface area contributed by atoms with Gasteiger partial charge in [0.25, 0.3) is 0 Å². The maximum Gasteiger partial charge on any atom is 0.191 e. The molecule has 5 heteroatoms. The Morgan fingerprint density at radius 2 is 2.22 bits per heavy atom.